The van der Waals surface area contributed by atoms with Crippen molar-refractivity contribution in [3.8, 4) is 0 Å². The van der Waals surface area contributed by atoms with Crippen molar-refractivity contribution in [2.24, 2.45) is 0 Å². The first-order chi connectivity index (χ1) is 7.55. The molecule has 0 bridgehead atoms. The number of nitrogens with zero attached hydrogens (tertiary/aromatic N) is 1. The Morgan fingerprint density at radius 2 is 2.31 bits per heavy atom. The van der Waals surface area contributed by atoms with Gasteiger partial charge in [0.05, 0.1) is 23.4 Å². The van der Waals surface area contributed by atoms with E-state index in [1.807, 2.05) is 0 Å². The molecule has 0 saturated carbocycles. The molecule has 0 radical (unpaired) electrons. The van der Waals surface area contributed by atoms with Crippen molar-refractivity contribution in [1.29, 1.82) is 0 Å². The van der Waals surface area contributed by atoms with Gasteiger partial charge in [0, 0.05) is 12.1 Å². The number of hydrogen-bond donors (Lipinski definition) is 2. The molecule has 0 aromatic carbocycles. The fourth-order valence-electron chi connectivity index (χ4n) is 1.83. The second kappa shape index (κ2) is 4.25. The Morgan fingerprint density at radius 3 is 3.00 bits per heavy atom. The molecule has 1 saturated heterocycles. The van der Waals surface area contributed by atoms with Crippen molar-refractivity contribution >= 4 is 15.5 Å². The molecule has 1 fully saturated rings. The molecule has 0 aliphatic carbocycles. The van der Waals surface area contributed by atoms with E-state index in [9.17, 15) is 13.2 Å². The minimum Gasteiger partial charge on any atom is -0.380 e. The maximum absolute atomic E-state index is 11.4. The van der Waals surface area contributed by atoms with Crippen molar-refractivity contribution in [2.75, 3.05) is 16.8 Å². The first-order valence-electron chi connectivity index (χ1n) is 5.07. The molecule has 2 rings (SSSR count). The lowest BCUT2D eigenvalue weighted by Crippen LogP contribution is -2.35. The van der Waals surface area contributed by atoms with Crippen molar-refractivity contribution in [2.45, 2.75) is 18.9 Å². The number of aromatic amines is 1. The molecule has 2 heterocycles. The molecular weight excluding hydrogens is 230 g/mol. The number of anilines is 1. The highest BCUT2D eigenvalue weighted by Crippen LogP contribution is 2.15. The van der Waals surface area contributed by atoms with E-state index < -0.39 is 9.84 Å². The van der Waals surface area contributed by atoms with Crippen LogP contribution >= 0.6 is 0 Å². The van der Waals surface area contributed by atoms with Gasteiger partial charge >= 0.3 is 0 Å². The number of H-pyrrole nitrogens is 1. The topological polar surface area (TPSA) is 91.9 Å². The van der Waals surface area contributed by atoms with E-state index in [-0.39, 0.29) is 23.1 Å². The number of nitrogens with one attached hydrogen (secondary N) is 2. The van der Waals surface area contributed by atoms with Crippen molar-refractivity contribution in [3.05, 3.63) is 22.6 Å². The summed E-state index contributed by atoms with van der Waals surface area (Å²) in [5.41, 5.74) is 0.259. The average molecular weight is 243 g/mol. The van der Waals surface area contributed by atoms with Crippen LogP contribution in [0.15, 0.2) is 17.1 Å². The van der Waals surface area contributed by atoms with Crippen molar-refractivity contribution < 1.29 is 8.42 Å². The lowest BCUT2D eigenvalue weighted by atomic mass is 10.2. The van der Waals surface area contributed by atoms with Crippen molar-refractivity contribution in [3.63, 3.8) is 0 Å². The van der Waals surface area contributed by atoms with Crippen LogP contribution in [0.3, 0.4) is 0 Å². The highest BCUT2D eigenvalue weighted by atomic mass is 32.2. The van der Waals surface area contributed by atoms with Gasteiger partial charge in [-0.1, -0.05) is 0 Å². The first kappa shape index (κ1) is 11.1. The molecule has 1 aromatic heterocycles. The third-order valence-electron chi connectivity index (χ3n) is 2.50. The Balaban J connectivity index is 2.08. The third kappa shape index (κ3) is 2.82. The number of hydrogen-bond acceptors (Lipinski definition) is 5. The number of rotatable bonds is 2. The van der Waals surface area contributed by atoms with Gasteiger partial charge in [0.25, 0.3) is 5.56 Å². The largest absolute Gasteiger partial charge is 0.380 e. The van der Waals surface area contributed by atoms with Gasteiger partial charge in [-0.25, -0.2) is 13.5 Å². The van der Waals surface area contributed by atoms with E-state index in [1.54, 1.807) is 0 Å². The zero-order chi connectivity index (χ0) is 11.6. The summed E-state index contributed by atoms with van der Waals surface area (Å²) < 4.78 is 22.8. The Labute approximate surface area is 93.0 Å². The van der Waals surface area contributed by atoms with Crippen LogP contribution in [0, 0.1) is 0 Å². The van der Waals surface area contributed by atoms with E-state index in [1.165, 1.54) is 12.3 Å². The maximum atomic E-state index is 11.4. The predicted octanol–water partition coefficient (Wildman–Crippen LogP) is -0.241. The fraction of sp³-hybridized carbons (Fsp3) is 0.556. The van der Waals surface area contributed by atoms with Crippen LogP contribution in [0.4, 0.5) is 5.69 Å². The van der Waals surface area contributed by atoms with E-state index in [0.29, 0.717) is 12.1 Å². The van der Waals surface area contributed by atoms with E-state index >= 15 is 0 Å². The summed E-state index contributed by atoms with van der Waals surface area (Å²) in [6.07, 6.45) is 2.94. The van der Waals surface area contributed by atoms with Crippen LogP contribution in [-0.4, -0.2) is 36.2 Å². The molecule has 1 aromatic rings. The van der Waals surface area contributed by atoms with Crippen LogP contribution < -0.4 is 10.9 Å². The normalized spacial score (nSPS) is 23.9. The minimum atomic E-state index is -2.93. The van der Waals surface area contributed by atoms with Gasteiger partial charge in [0.15, 0.2) is 9.84 Å². The molecule has 0 amide bonds. The van der Waals surface area contributed by atoms with Gasteiger partial charge in [0.1, 0.15) is 0 Å². The highest BCUT2D eigenvalue weighted by molar-refractivity contribution is 7.91. The predicted molar refractivity (Wildman–Crippen MR) is 60.2 cm³/mol. The summed E-state index contributed by atoms with van der Waals surface area (Å²) in [7, 11) is -2.93. The van der Waals surface area contributed by atoms with Crippen LogP contribution in [0.2, 0.25) is 0 Å². The summed E-state index contributed by atoms with van der Waals surface area (Å²) in [5, 5.41) is 8.91. The molecule has 6 nitrogen and oxygen atoms in total. The fourth-order valence-corrected chi connectivity index (χ4v) is 3.46. The van der Waals surface area contributed by atoms with Crippen molar-refractivity contribution in [1.82, 2.24) is 10.2 Å². The first-order valence-corrected chi connectivity index (χ1v) is 6.89. The second-order valence-corrected chi connectivity index (χ2v) is 6.16. The van der Waals surface area contributed by atoms with Gasteiger partial charge in [0.2, 0.25) is 0 Å². The quantitative estimate of drug-likeness (QED) is 0.748. The average Bonchev–Trinajstić information content (AvgIpc) is 2.15. The second-order valence-electron chi connectivity index (χ2n) is 3.93. The molecule has 7 heteroatoms. The Bertz CT molecular complexity index is 523. The van der Waals surface area contributed by atoms with E-state index in [4.69, 9.17) is 0 Å². The zero-order valence-corrected chi connectivity index (χ0v) is 9.46. The SMILES string of the molecule is O=c1cc(NC2CCCS(=O)(=O)C2)cn[nH]1. The van der Waals surface area contributed by atoms with Gasteiger partial charge in [-0.15, -0.1) is 0 Å². The molecule has 2 N–H and O–H groups in total. The Hall–Kier alpha value is -1.37. The number of sulfone groups is 1. The highest BCUT2D eigenvalue weighted by Gasteiger charge is 2.24. The van der Waals surface area contributed by atoms with Crippen LogP contribution in [0.5, 0.6) is 0 Å². The molecule has 88 valence electrons. The third-order valence-corrected chi connectivity index (χ3v) is 4.32. The summed E-state index contributed by atoms with van der Waals surface area (Å²) in [6, 6.07) is 1.25. The van der Waals surface area contributed by atoms with E-state index in [0.717, 1.165) is 6.42 Å². The molecule has 1 unspecified atom stereocenters. The van der Waals surface area contributed by atoms with Crippen LogP contribution in [0.1, 0.15) is 12.8 Å². The Morgan fingerprint density at radius 1 is 1.50 bits per heavy atom. The molecule has 1 aliphatic rings. The lowest BCUT2D eigenvalue weighted by molar-refractivity contribution is 0.562. The van der Waals surface area contributed by atoms with E-state index in [2.05, 4.69) is 15.5 Å². The molecule has 16 heavy (non-hydrogen) atoms. The molecular formula is C9H13N3O3S. The maximum Gasteiger partial charge on any atom is 0.266 e. The molecule has 0 spiro atoms. The zero-order valence-electron chi connectivity index (χ0n) is 8.64. The van der Waals surface area contributed by atoms with Gasteiger partial charge in [-0.3, -0.25) is 4.79 Å². The molecule has 1 atom stereocenters. The summed E-state index contributed by atoms with van der Waals surface area (Å²) in [6.45, 7) is 0. The lowest BCUT2D eigenvalue weighted by Gasteiger charge is -2.23. The van der Waals surface area contributed by atoms with Crippen LogP contribution in [0.25, 0.3) is 0 Å². The van der Waals surface area contributed by atoms with Gasteiger partial charge < -0.3 is 5.32 Å². The Kier molecular flexibility index (Phi) is 2.95. The van der Waals surface area contributed by atoms with Gasteiger partial charge in [-0.2, -0.15) is 5.10 Å². The number of aromatic nitrogens is 2. The summed E-state index contributed by atoms with van der Waals surface area (Å²) in [4.78, 5) is 11.0. The standard InChI is InChI=1S/C9H13N3O3S/c13-9-4-8(5-10-12-9)11-7-2-1-3-16(14,15)6-7/h4-5,7H,1-3,6H2,(H2,11,12,13). The smallest absolute Gasteiger partial charge is 0.266 e. The minimum absolute atomic E-state index is 0.123. The summed E-state index contributed by atoms with van der Waals surface area (Å²) >= 11 is 0. The van der Waals surface area contributed by atoms with Gasteiger partial charge in [-0.05, 0) is 12.8 Å². The van der Waals surface area contributed by atoms with Crippen LogP contribution in [-0.2, 0) is 9.84 Å². The monoisotopic (exact) mass is 243 g/mol. The summed E-state index contributed by atoms with van der Waals surface area (Å²) in [5.74, 6) is 0.388. The molecule has 1 aliphatic heterocycles.